The first kappa shape index (κ1) is 22.3. The van der Waals surface area contributed by atoms with E-state index in [4.69, 9.17) is 11.6 Å². The SMILES string of the molecule is Cc1ccc(NC(=O)C(=O)N/N=C/c2cc(C)n(-c3cc(Cl)ccc3C)c2C)cc1C. The smallest absolute Gasteiger partial charge is 0.318 e. The van der Waals surface area contributed by atoms with Gasteiger partial charge >= 0.3 is 11.8 Å². The number of aryl methyl sites for hydroxylation is 4. The molecule has 0 radical (unpaired) electrons. The number of amides is 2. The molecule has 0 saturated carbocycles. The average molecular weight is 437 g/mol. The van der Waals surface area contributed by atoms with E-state index in [-0.39, 0.29) is 0 Å². The van der Waals surface area contributed by atoms with Crippen LogP contribution in [0.1, 0.15) is 33.6 Å². The lowest BCUT2D eigenvalue weighted by Crippen LogP contribution is -2.32. The zero-order valence-corrected chi connectivity index (χ0v) is 19.0. The minimum Gasteiger partial charge on any atom is -0.318 e. The van der Waals surface area contributed by atoms with E-state index < -0.39 is 11.8 Å². The highest BCUT2D eigenvalue weighted by atomic mass is 35.5. The fourth-order valence-corrected chi connectivity index (χ4v) is 3.50. The average Bonchev–Trinajstić information content (AvgIpc) is 2.99. The van der Waals surface area contributed by atoms with Gasteiger partial charge in [-0.3, -0.25) is 9.59 Å². The molecule has 3 aromatic rings. The molecular weight excluding hydrogens is 412 g/mol. The zero-order chi connectivity index (χ0) is 22.7. The van der Waals surface area contributed by atoms with Crippen LogP contribution >= 0.6 is 11.6 Å². The van der Waals surface area contributed by atoms with E-state index >= 15 is 0 Å². The molecule has 1 aromatic heterocycles. The van der Waals surface area contributed by atoms with E-state index in [0.29, 0.717) is 10.7 Å². The van der Waals surface area contributed by atoms with Gasteiger partial charge in [-0.25, -0.2) is 5.43 Å². The highest BCUT2D eigenvalue weighted by Gasteiger charge is 2.14. The van der Waals surface area contributed by atoms with Crippen molar-refractivity contribution in [1.82, 2.24) is 9.99 Å². The molecule has 0 atom stereocenters. The van der Waals surface area contributed by atoms with Crippen LogP contribution in [-0.4, -0.2) is 22.6 Å². The molecule has 0 aliphatic heterocycles. The van der Waals surface area contributed by atoms with Gasteiger partial charge in [-0.2, -0.15) is 5.10 Å². The molecule has 31 heavy (non-hydrogen) atoms. The molecule has 0 spiro atoms. The standard InChI is InChI=1S/C24H25ClN4O2/c1-14-7-9-21(10-16(14)3)27-23(30)24(31)28-26-13-19-11-17(4)29(18(19)5)22-12-20(25)8-6-15(22)2/h6-13H,1-5H3,(H,27,30)(H,28,31)/b26-13+. The number of carbonyl (C=O) groups is 2. The van der Waals surface area contributed by atoms with Gasteiger partial charge in [-0.05, 0) is 81.6 Å². The first-order valence-electron chi connectivity index (χ1n) is 9.84. The van der Waals surface area contributed by atoms with Gasteiger partial charge in [0, 0.05) is 33.3 Å². The molecule has 6 nitrogen and oxygen atoms in total. The number of anilines is 1. The number of rotatable bonds is 4. The number of hydrogen-bond donors (Lipinski definition) is 2. The van der Waals surface area contributed by atoms with Crippen molar-refractivity contribution in [2.45, 2.75) is 34.6 Å². The number of carbonyl (C=O) groups excluding carboxylic acids is 2. The van der Waals surface area contributed by atoms with Crippen molar-refractivity contribution in [3.8, 4) is 5.69 Å². The van der Waals surface area contributed by atoms with E-state index in [2.05, 4.69) is 20.4 Å². The Labute approximate surface area is 186 Å². The molecule has 2 aromatic carbocycles. The largest absolute Gasteiger partial charge is 0.329 e. The number of halogens is 1. The topological polar surface area (TPSA) is 75.5 Å². The van der Waals surface area contributed by atoms with Gasteiger partial charge in [0.15, 0.2) is 0 Å². The molecule has 2 N–H and O–H groups in total. The molecule has 0 unspecified atom stereocenters. The monoisotopic (exact) mass is 436 g/mol. The highest BCUT2D eigenvalue weighted by Crippen LogP contribution is 2.25. The van der Waals surface area contributed by atoms with Crippen LogP contribution in [-0.2, 0) is 9.59 Å². The summed E-state index contributed by atoms with van der Waals surface area (Å²) in [5, 5.41) is 7.19. The van der Waals surface area contributed by atoms with Gasteiger partial charge in [-0.1, -0.05) is 23.7 Å². The second kappa shape index (κ2) is 9.18. The highest BCUT2D eigenvalue weighted by molar-refractivity contribution is 6.39. The molecule has 0 saturated heterocycles. The number of hydrazone groups is 1. The summed E-state index contributed by atoms with van der Waals surface area (Å²) in [6, 6.07) is 13.2. The van der Waals surface area contributed by atoms with Crippen LogP contribution in [0.2, 0.25) is 5.02 Å². The van der Waals surface area contributed by atoms with E-state index in [1.54, 1.807) is 6.07 Å². The second-order valence-corrected chi connectivity index (χ2v) is 7.98. The summed E-state index contributed by atoms with van der Waals surface area (Å²) in [4.78, 5) is 24.2. The maximum atomic E-state index is 12.1. The molecule has 0 aliphatic carbocycles. The Bertz CT molecular complexity index is 1190. The fraction of sp³-hybridized carbons (Fsp3) is 0.208. The summed E-state index contributed by atoms with van der Waals surface area (Å²) in [7, 11) is 0. The zero-order valence-electron chi connectivity index (χ0n) is 18.2. The third kappa shape index (κ3) is 5.03. The Morgan fingerprint density at radius 2 is 1.61 bits per heavy atom. The van der Waals surface area contributed by atoms with Gasteiger partial charge in [0.1, 0.15) is 0 Å². The van der Waals surface area contributed by atoms with Gasteiger partial charge in [0.2, 0.25) is 0 Å². The van der Waals surface area contributed by atoms with E-state index in [1.807, 2.05) is 71.0 Å². The van der Waals surface area contributed by atoms with Crippen molar-refractivity contribution in [3.63, 3.8) is 0 Å². The summed E-state index contributed by atoms with van der Waals surface area (Å²) in [5.74, 6) is -1.62. The lowest BCUT2D eigenvalue weighted by Gasteiger charge is -2.13. The first-order valence-corrected chi connectivity index (χ1v) is 10.2. The van der Waals surface area contributed by atoms with Gasteiger partial charge in [0.05, 0.1) is 6.21 Å². The Hall–Kier alpha value is -3.38. The molecule has 0 fully saturated rings. The summed E-state index contributed by atoms with van der Waals surface area (Å²) in [5.41, 5.74) is 9.83. The van der Waals surface area contributed by atoms with Crippen LogP contribution in [0.4, 0.5) is 5.69 Å². The normalized spacial score (nSPS) is 11.0. The number of hydrogen-bond acceptors (Lipinski definition) is 3. The maximum absolute atomic E-state index is 12.1. The van der Waals surface area contributed by atoms with Crippen LogP contribution in [0.25, 0.3) is 5.69 Å². The quantitative estimate of drug-likeness (QED) is 0.351. The Morgan fingerprint density at radius 3 is 2.32 bits per heavy atom. The van der Waals surface area contributed by atoms with Crippen molar-refractivity contribution in [2.24, 2.45) is 5.10 Å². The minimum absolute atomic E-state index is 0.563. The Kier molecular flexibility index (Phi) is 6.61. The lowest BCUT2D eigenvalue weighted by atomic mass is 10.1. The van der Waals surface area contributed by atoms with Crippen LogP contribution in [0, 0.1) is 34.6 Å². The van der Waals surface area contributed by atoms with E-state index in [0.717, 1.165) is 39.3 Å². The predicted octanol–water partition coefficient (Wildman–Crippen LogP) is 4.76. The lowest BCUT2D eigenvalue weighted by molar-refractivity contribution is -0.136. The number of aromatic nitrogens is 1. The molecule has 0 bridgehead atoms. The third-order valence-corrected chi connectivity index (χ3v) is 5.46. The van der Waals surface area contributed by atoms with Crippen LogP contribution in [0.15, 0.2) is 47.6 Å². The van der Waals surface area contributed by atoms with Crippen molar-refractivity contribution >= 4 is 35.3 Å². The minimum atomic E-state index is -0.839. The fourth-order valence-electron chi connectivity index (χ4n) is 3.33. The molecule has 3 rings (SSSR count). The number of benzene rings is 2. The van der Waals surface area contributed by atoms with Gasteiger partial charge < -0.3 is 9.88 Å². The van der Waals surface area contributed by atoms with E-state index in [1.165, 1.54) is 6.21 Å². The van der Waals surface area contributed by atoms with Crippen LogP contribution < -0.4 is 10.7 Å². The number of nitrogens with zero attached hydrogens (tertiary/aromatic N) is 2. The molecular formula is C24H25ClN4O2. The van der Waals surface area contributed by atoms with E-state index in [9.17, 15) is 9.59 Å². The van der Waals surface area contributed by atoms with Crippen LogP contribution in [0.5, 0.6) is 0 Å². The summed E-state index contributed by atoms with van der Waals surface area (Å²) < 4.78 is 2.08. The summed E-state index contributed by atoms with van der Waals surface area (Å²) in [6.45, 7) is 9.89. The maximum Gasteiger partial charge on any atom is 0.329 e. The molecule has 7 heteroatoms. The van der Waals surface area contributed by atoms with Crippen molar-refractivity contribution in [2.75, 3.05) is 5.32 Å². The third-order valence-electron chi connectivity index (χ3n) is 5.22. The van der Waals surface area contributed by atoms with Gasteiger partial charge in [0.25, 0.3) is 0 Å². The van der Waals surface area contributed by atoms with Crippen molar-refractivity contribution in [1.29, 1.82) is 0 Å². The van der Waals surface area contributed by atoms with Gasteiger partial charge in [-0.15, -0.1) is 0 Å². The van der Waals surface area contributed by atoms with Crippen molar-refractivity contribution < 1.29 is 9.59 Å². The van der Waals surface area contributed by atoms with Crippen molar-refractivity contribution in [3.05, 3.63) is 81.1 Å². The molecule has 2 amide bonds. The number of nitrogens with one attached hydrogen (secondary N) is 2. The molecule has 0 aliphatic rings. The first-order chi connectivity index (χ1) is 14.7. The molecule has 160 valence electrons. The Morgan fingerprint density at radius 1 is 0.903 bits per heavy atom. The van der Waals surface area contributed by atoms with Crippen LogP contribution in [0.3, 0.4) is 0 Å². The molecule has 1 heterocycles. The predicted molar refractivity (Wildman–Crippen MR) is 125 cm³/mol. The summed E-state index contributed by atoms with van der Waals surface area (Å²) >= 11 is 6.18. The second-order valence-electron chi connectivity index (χ2n) is 7.54. The Balaban J connectivity index is 1.71. The summed E-state index contributed by atoms with van der Waals surface area (Å²) in [6.07, 6.45) is 1.53.